The number of fused-ring (bicyclic) bond motifs is 1. The van der Waals surface area contributed by atoms with Gasteiger partial charge in [0, 0.05) is 6.54 Å². The molecule has 1 aliphatic heterocycles. The van der Waals surface area contributed by atoms with Crippen molar-refractivity contribution in [3.63, 3.8) is 0 Å². The van der Waals surface area contributed by atoms with Crippen molar-refractivity contribution in [2.75, 3.05) is 24.8 Å². The van der Waals surface area contributed by atoms with Crippen LogP contribution < -0.4 is 23.8 Å². The van der Waals surface area contributed by atoms with Crippen molar-refractivity contribution >= 4 is 21.6 Å². The Hall–Kier alpha value is -3.72. The molecule has 9 heteroatoms. The van der Waals surface area contributed by atoms with Crippen molar-refractivity contribution in [2.45, 2.75) is 18.4 Å². The van der Waals surface area contributed by atoms with Crippen LogP contribution in [0.3, 0.4) is 0 Å². The number of sulfonamides is 1. The molecule has 0 spiro atoms. The van der Waals surface area contributed by atoms with Crippen molar-refractivity contribution < 1.29 is 27.4 Å². The monoisotopic (exact) mass is 468 g/mol. The fraction of sp³-hybridized carbons (Fsp3) is 0.208. The summed E-state index contributed by atoms with van der Waals surface area (Å²) >= 11 is 0. The molecule has 8 nitrogen and oxygen atoms in total. The van der Waals surface area contributed by atoms with Crippen LogP contribution in [0.5, 0.6) is 17.2 Å². The number of carbonyl (C=O) groups is 1. The molecule has 0 saturated heterocycles. The van der Waals surface area contributed by atoms with Crippen LogP contribution in [0, 0.1) is 6.92 Å². The maximum absolute atomic E-state index is 13.5. The maximum Gasteiger partial charge on any atom is 0.264 e. The first-order valence-corrected chi connectivity index (χ1v) is 11.7. The molecule has 3 aromatic rings. The van der Waals surface area contributed by atoms with Gasteiger partial charge < -0.3 is 19.5 Å². The second kappa shape index (κ2) is 9.41. The zero-order chi connectivity index (χ0) is 23.4. The third-order valence-electron chi connectivity index (χ3n) is 5.21. The summed E-state index contributed by atoms with van der Waals surface area (Å²) in [6.45, 7) is 1.78. The number of aryl methyl sites for hydroxylation is 1. The lowest BCUT2D eigenvalue weighted by Crippen LogP contribution is -2.40. The number of benzene rings is 3. The Morgan fingerprint density at radius 2 is 1.79 bits per heavy atom. The van der Waals surface area contributed by atoms with Gasteiger partial charge in [-0.1, -0.05) is 24.3 Å². The highest BCUT2D eigenvalue weighted by molar-refractivity contribution is 7.92. The number of methoxy groups -OCH3 is 1. The zero-order valence-electron chi connectivity index (χ0n) is 18.3. The molecule has 3 aromatic carbocycles. The molecule has 0 radical (unpaired) electrons. The summed E-state index contributed by atoms with van der Waals surface area (Å²) in [5, 5.41) is 2.78. The van der Waals surface area contributed by atoms with Crippen LogP contribution in [0.25, 0.3) is 0 Å². The summed E-state index contributed by atoms with van der Waals surface area (Å²) in [4.78, 5) is 12.9. The van der Waals surface area contributed by atoms with E-state index in [9.17, 15) is 13.2 Å². The largest absolute Gasteiger partial charge is 0.496 e. The molecule has 1 aliphatic rings. The van der Waals surface area contributed by atoms with E-state index in [0.29, 0.717) is 28.5 Å². The third kappa shape index (κ3) is 4.88. The molecule has 172 valence electrons. The predicted octanol–water partition coefficient (Wildman–Crippen LogP) is 3.24. The fourth-order valence-corrected chi connectivity index (χ4v) is 4.99. The molecule has 1 heterocycles. The van der Waals surface area contributed by atoms with E-state index in [4.69, 9.17) is 14.2 Å². The molecule has 0 fully saturated rings. The van der Waals surface area contributed by atoms with Gasteiger partial charge in [0.2, 0.25) is 12.7 Å². The Morgan fingerprint density at radius 3 is 2.52 bits per heavy atom. The number of hydrogen-bond acceptors (Lipinski definition) is 6. The van der Waals surface area contributed by atoms with Gasteiger partial charge in [-0.05, 0) is 60.5 Å². The summed E-state index contributed by atoms with van der Waals surface area (Å²) < 4.78 is 44.0. The van der Waals surface area contributed by atoms with E-state index in [1.165, 1.54) is 19.2 Å². The lowest BCUT2D eigenvalue weighted by Gasteiger charge is -2.24. The van der Waals surface area contributed by atoms with E-state index in [1.54, 1.807) is 55.5 Å². The van der Waals surface area contributed by atoms with Gasteiger partial charge >= 0.3 is 0 Å². The van der Waals surface area contributed by atoms with Crippen LogP contribution in [0.15, 0.2) is 71.6 Å². The van der Waals surface area contributed by atoms with Crippen molar-refractivity contribution in [1.29, 1.82) is 0 Å². The molecule has 0 aromatic heterocycles. The topological polar surface area (TPSA) is 94.2 Å². The van der Waals surface area contributed by atoms with E-state index >= 15 is 0 Å². The van der Waals surface area contributed by atoms with Gasteiger partial charge in [-0.15, -0.1) is 0 Å². The molecular formula is C24H24N2O6S. The molecule has 0 atom stereocenters. The molecule has 1 N–H and O–H groups in total. The van der Waals surface area contributed by atoms with Crippen molar-refractivity contribution in [2.24, 2.45) is 0 Å². The van der Waals surface area contributed by atoms with E-state index in [1.807, 2.05) is 6.07 Å². The van der Waals surface area contributed by atoms with Gasteiger partial charge in [0.05, 0.1) is 17.7 Å². The van der Waals surface area contributed by atoms with Crippen LogP contribution in [0.1, 0.15) is 11.1 Å². The standard InChI is InChI=1S/C24H24N2O6S/c1-17-12-20(9-11-21(17)30-2)33(28,29)26(19-6-4-3-5-7-19)15-24(27)25-14-18-8-10-22-23(13-18)32-16-31-22/h3-13H,14-16H2,1-2H3,(H,25,27). The smallest absolute Gasteiger partial charge is 0.264 e. The van der Waals surface area contributed by atoms with Crippen molar-refractivity contribution in [3.8, 4) is 17.2 Å². The Bertz CT molecular complexity index is 1260. The van der Waals surface area contributed by atoms with Crippen molar-refractivity contribution in [1.82, 2.24) is 5.32 Å². The lowest BCUT2D eigenvalue weighted by molar-refractivity contribution is -0.119. The van der Waals surface area contributed by atoms with E-state index in [-0.39, 0.29) is 24.8 Å². The summed E-state index contributed by atoms with van der Waals surface area (Å²) in [6, 6.07) is 18.5. The van der Waals surface area contributed by atoms with Crippen LogP contribution in [0.4, 0.5) is 5.69 Å². The van der Waals surface area contributed by atoms with Crippen LogP contribution >= 0.6 is 0 Å². The molecule has 0 aliphatic carbocycles. The van der Waals surface area contributed by atoms with Crippen LogP contribution in [0.2, 0.25) is 0 Å². The fourth-order valence-electron chi connectivity index (χ4n) is 3.49. The van der Waals surface area contributed by atoms with Crippen molar-refractivity contribution in [3.05, 3.63) is 77.9 Å². The van der Waals surface area contributed by atoms with Crippen LogP contribution in [-0.4, -0.2) is 34.8 Å². The normalized spacial score (nSPS) is 12.3. The summed E-state index contributed by atoms with van der Waals surface area (Å²) in [6.07, 6.45) is 0. The Kier molecular flexibility index (Phi) is 6.41. The minimum Gasteiger partial charge on any atom is -0.496 e. The lowest BCUT2D eigenvalue weighted by atomic mass is 10.2. The number of ether oxygens (including phenoxy) is 3. The highest BCUT2D eigenvalue weighted by atomic mass is 32.2. The first kappa shape index (κ1) is 22.5. The summed E-state index contributed by atoms with van der Waals surface area (Å²) in [5.74, 6) is 1.42. The number of amides is 1. The molecule has 33 heavy (non-hydrogen) atoms. The summed E-state index contributed by atoms with van der Waals surface area (Å²) in [5.41, 5.74) is 1.88. The second-order valence-corrected chi connectivity index (χ2v) is 9.31. The van der Waals surface area contributed by atoms with E-state index in [2.05, 4.69) is 5.32 Å². The first-order valence-electron chi connectivity index (χ1n) is 10.3. The predicted molar refractivity (Wildman–Crippen MR) is 123 cm³/mol. The highest BCUT2D eigenvalue weighted by Crippen LogP contribution is 2.32. The Labute approximate surface area is 192 Å². The van der Waals surface area contributed by atoms with Gasteiger partial charge in [-0.2, -0.15) is 0 Å². The number of para-hydroxylation sites is 1. The Morgan fingerprint density at radius 1 is 1.03 bits per heavy atom. The summed E-state index contributed by atoms with van der Waals surface area (Å²) in [7, 11) is -2.48. The minimum atomic E-state index is -4.01. The van der Waals surface area contributed by atoms with E-state index in [0.717, 1.165) is 9.87 Å². The molecule has 4 rings (SSSR count). The van der Waals surface area contributed by atoms with Crippen LogP contribution in [-0.2, 0) is 21.4 Å². The average molecular weight is 469 g/mol. The quantitative estimate of drug-likeness (QED) is 0.546. The van der Waals surface area contributed by atoms with Gasteiger partial charge in [0.25, 0.3) is 10.0 Å². The first-order chi connectivity index (χ1) is 15.9. The van der Waals surface area contributed by atoms with Gasteiger partial charge in [0.1, 0.15) is 12.3 Å². The highest BCUT2D eigenvalue weighted by Gasteiger charge is 2.27. The number of anilines is 1. The number of rotatable bonds is 8. The zero-order valence-corrected chi connectivity index (χ0v) is 19.1. The average Bonchev–Trinajstić information content (AvgIpc) is 3.29. The van der Waals surface area contributed by atoms with Gasteiger partial charge in [0.15, 0.2) is 11.5 Å². The van der Waals surface area contributed by atoms with E-state index < -0.39 is 15.9 Å². The SMILES string of the molecule is COc1ccc(S(=O)(=O)N(CC(=O)NCc2ccc3c(c2)OCO3)c2ccccc2)cc1C. The molecular weight excluding hydrogens is 444 g/mol. The van der Waals surface area contributed by atoms with Gasteiger partial charge in [-0.3, -0.25) is 9.10 Å². The molecule has 0 saturated carbocycles. The third-order valence-corrected chi connectivity index (χ3v) is 6.98. The number of nitrogens with one attached hydrogen (secondary N) is 1. The number of nitrogens with zero attached hydrogens (tertiary/aromatic N) is 1. The number of carbonyl (C=O) groups excluding carboxylic acids is 1. The second-order valence-electron chi connectivity index (χ2n) is 7.44. The molecule has 0 bridgehead atoms. The van der Waals surface area contributed by atoms with Gasteiger partial charge in [-0.25, -0.2) is 8.42 Å². The minimum absolute atomic E-state index is 0.0771. The Balaban J connectivity index is 1.54. The molecule has 1 amide bonds. The number of hydrogen-bond donors (Lipinski definition) is 1. The maximum atomic E-state index is 13.5. The molecule has 0 unspecified atom stereocenters.